The first-order valence-corrected chi connectivity index (χ1v) is 6.36. The maximum atomic E-state index is 11.4. The molecule has 0 aliphatic heterocycles. The highest BCUT2D eigenvalue weighted by Crippen LogP contribution is 1.89. The monoisotopic (exact) mass is 275 g/mol. The average molecular weight is 275 g/mol. The minimum Gasteiger partial charge on any atom is -0.480 e. The van der Waals surface area contributed by atoms with E-state index >= 15 is 0 Å². The third-order valence-electron chi connectivity index (χ3n) is 2.16. The SMILES string of the molecule is CC(NCC/C=C/C(N)CS)C(=O)NCC(=O)O. The number of aliphatic carboxylic acids is 1. The van der Waals surface area contributed by atoms with E-state index in [1.807, 2.05) is 12.2 Å². The predicted molar refractivity (Wildman–Crippen MR) is 73.7 cm³/mol. The van der Waals surface area contributed by atoms with Gasteiger partial charge in [-0.15, -0.1) is 0 Å². The summed E-state index contributed by atoms with van der Waals surface area (Å²) >= 11 is 4.05. The van der Waals surface area contributed by atoms with Crippen molar-refractivity contribution >= 4 is 24.5 Å². The maximum Gasteiger partial charge on any atom is 0.322 e. The molecule has 7 heteroatoms. The Labute approximate surface area is 112 Å². The van der Waals surface area contributed by atoms with Crippen molar-refractivity contribution in [1.29, 1.82) is 0 Å². The molecule has 0 aromatic carbocycles. The summed E-state index contributed by atoms with van der Waals surface area (Å²) in [6.07, 6.45) is 4.54. The third kappa shape index (κ3) is 9.03. The van der Waals surface area contributed by atoms with Crippen LogP contribution in [-0.4, -0.2) is 47.9 Å². The van der Waals surface area contributed by atoms with Gasteiger partial charge in [-0.3, -0.25) is 9.59 Å². The minimum absolute atomic E-state index is 0.0513. The number of carbonyl (C=O) groups excluding carboxylic acids is 1. The number of hydrogen-bond acceptors (Lipinski definition) is 5. The van der Waals surface area contributed by atoms with Gasteiger partial charge in [-0.25, -0.2) is 0 Å². The summed E-state index contributed by atoms with van der Waals surface area (Å²) in [7, 11) is 0. The fourth-order valence-electron chi connectivity index (χ4n) is 1.12. The predicted octanol–water partition coefficient (Wildman–Crippen LogP) is -0.631. The molecular weight excluding hydrogens is 254 g/mol. The molecule has 104 valence electrons. The van der Waals surface area contributed by atoms with Crippen LogP contribution in [0.5, 0.6) is 0 Å². The molecule has 2 atom stereocenters. The third-order valence-corrected chi connectivity index (χ3v) is 2.58. The van der Waals surface area contributed by atoms with Gasteiger partial charge in [0.05, 0.1) is 6.04 Å². The van der Waals surface area contributed by atoms with E-state index < -0.39 is 12.0 Å². The van der Waals surface area contributed by atoms with E-state index in [2.05, 4.69) is 23.3 Å². The molecule has 0 aliphatic rings. The van der Waals surface area contributed by atoms with Crippen molar-refractivity contribution < 1.29 is 14.7 Å². The van der Waals surface area contributed by atoms with Crippen LogP contribution in [-0.2, 0) is 9.59 Å². The number of carboxylic acid groups (broad SMARTS) is 1. The molecule has 0 aliphatic carbocycles. The normalized spacial score (nSPS) is 14.4. The van der Waals surface area contributed by atoms with Gasteiger partial charge in [0.15, 0.2) is 0 Å². The van der Waals surface area contributed by atoms with E-state index in [1.165, 1.54) is 0 Å². The molecule has 0 aromatic heterocycles. The highest BCUT2D eigenvalue weighted by Gasteiger charge is 2.11. The Bertz CT molecular complexity index is 297. The molecule has 0 radical (unpaired) electrons. The van der Waals surface area contributed by atoms with Gasteiger partial charge in [-0.05, 0) is 19.9 Å². The average Bonchev–Trinajstić information content (AvgIpc) is 2.34. The van der Waals surface area contributed by atoms with Crippen LogP contribution >= 0.6 is 12.6 Å². The zero-order valence-corrected chi connectivity index (χ0v) is 11.3. The Morgan fingerprint density at radius 3 is 2.72 bits per heavy atom. The lowest BCUT2D eigenvalue weighted by molar-refractivity contribution is -0.138. The Balaban J connectivity index is 3.69. The summed E-state index contributed by atoms with van der Waals surface area (Å²) in [5.41, 5.74) is 5.63. The number of thiol groups is 1. The van der Waals surface area contributed by atoms with Gasteiger partial charge >= 0.3 is 5.97 Å². The zero-order valence-electron chi connectivity index (χ0n) is 10.4. The molecule has 0 saturated carbocycles. The number of carboxylic acids is 1. The Kier molecular flexibility index (Phi) is 9.35. The molecule has 0 saturated heterocycles. The van der Waals surface area contributed by atoms with Crippen LogP contribution in [0.15, 0.2) is 12.2 Å². The number of amides is 1. The zero-order chi connectivity index (χ0) is 14.0. The molecule has 0 aromatic rings. The summed E-state index contributed by atoms with van der Waals surface area (Å²) in [5.74, 6) is -0.787. The van der Waals surface area contributed by atoms with Crippen LogP contribution in [0.3, 0.4) is 0 Å². The Hall–Kier alpha value is -1.05. The molecule has 1 amide bonds. The van der Waals surface area contributed by atoms with Crippen molar-refractivity contribution in [2.75, 3.05) is 18.8 Å². The number of nitrogens with two attached hydrogens (primary N) is 1. The fourth-order valence-corrected chi connectivity index (χ4v) is 1.25. The first-order chi connectivity index (χ1) is 8.47. The second-order valence-corrected chi connectivity index (χ2v) is 4.22. The lowest BCUT2D eigenvalue weighted by Crippen LogP contribution is -2.44. The summed E-state index contributed by atoms with van der Waals surface area (Å²) in [6.45, 7) is 1.94. The largest absolute Gasteiger partial charge is 0.480 e. The minimum atomic E-state index is -1.06. The second kappa shape index (κ2) is 9.93. The van der Waals surface area contributed by atoms with Crippen LogP contribution in [0.4, 0.5) is 0 Å². The topological polar surface area (TPSA) is 104 Å². The summed E-state index contributed by atoms with van der Waals surface area (Å²) in [6, 6.07) is -0.471. The summed E-state index contributed by atoms with van der Waals surface area (Å²) < 4.78 is 0. The van der Waals surface area contributed by atoms with Gasteiger partial charge in [-0.2, -0.15) is 12.6 Å². The van der Waals surface area contributed by atoms with E-state index in [9.17, 15) is 9.59 Å². The Morgan fingerprint density at radius 2 is 2.17 bits per heavy atom. The van der Waals surface area contributed by atoms with Crippen LogP contribution in [0.2, 0.25) is 0 Å². The smallest absolute Gasteiger partial charge is 0.322 e. The summed E-state index contributed by atoms with van der Waals surface area (Å²) in [5, 5.41) is 13.7. The van der Waals surface area contributed by atoms with Gasteiger partial charge in [-0.1, -0.05) is 12.2 Å². The number of rotatable bonds is 9. The second-order valence-electron chi connectivity index (χ2n) is 3.85. The van der Waals surface area contributed by atoms with Gasteiger partial charge in [0.2, 0.25) is 5.91 Å². The first kappa shape index (κ1) is 16.9. The highest BCUT2D eigenvalue weighted by atomic mass is 32.1. The molecule has 0 fully saturated rings. The molecular formula is C11H21N3O3S. The summed E-state index contributed by atoms with van der Waals surface area (Å²) in [4.78, 5) is 21.6. The van der Waals surface area contributed by atoms with Gasteiger partial charge < -0.3 is 21.5 Å². The van der Waals surface area contributed by atoms with Gasteiger partial charge in [0, 0.05) is 11.8 Å². The van der Waals surface area contributed by atoms with E-state index in [1.54, 1.807) is 6.92 Å². The van der Waals surface area contributed by atoms with Gasteiger partial charge in [0.25, 0.3) is 0 Å². The van der Waals surface area contributed by atoms with Crippen molar-refractivity contribution in [2.45, 2.75) is 25.4 Å². The van der Waals surface area contributed by atoms with Crippen molar-refractivity contribution in [2.24, 2.45) is 5.73 Å². The van der Waals surface area contributed by atoms with Crippen molar-refractivity contribution in [3.8, 4) is 0 Å². The number of nitrogens with one attached hydrogen (secondary N) is 2. The van der Waals surface area contributed by atoms with Crippen LogP contribution < -0.4 is 16.4 Å². The highest BCUT2D eigenvalue weighted by molar-refractivity contribution is 7.80. The lowest BCUT2D eigenvalue weighted by atomic mass is 10.2. The van der Waals surface area contributed by atoms with Gasteiger partial charge in [0.1, 0.15) is 6.54 Å². The lowest BCUT2D eigenvalue weighted by Gasteiger charge is -2.12. The number of carbonyl (C=O) groups is 2. The fraction of sp³-hybridized carbons (Fsp3) is 0.636. The standard InChI is InChI=1S/C11H21N3O3S/c1-8(11(17)14-6-10(15)16)13-5-3-2-4-9(12)7-18/h2,4,8-9,13,18H,3,5-7,12H2,1H3,(H,14,17)(H,15,16)/b4-2+. The molecule has 0 heterocycles. The molecule has 18 heavy (non-hydrogen) atoms. The Morgan fingerprint density at radius 1 is 1.50 bits per heavy atom. The van der Waals surface area contributed by atoms with Crippen LogP contribution in [0.25, 0.3) is 0 Å². The van der Waals surface area contributed by atoms with Crippen molar-refractivity contribution in [1.82, 2.24) is 10.6 Å². The van der Waals surface area contributed by atoms with E-state index in [-0.39, 0.29) is 18.5 Å². The molecule has 0 spiro atoms. The maximum absolute atomic E-state index is 11.4. The molecule has 0 bridgehead atoms. The van der Waals surface area contributed by atoms with Crippen molar-refractivity contribution in [3.63, 3.8) is 0 Å². The van der Waals surface area contributed by atoms with E-state index in [0.29, 0.717) is 12.3 Å². The first-order valence-electron chi connectivity index (χ1n) is 5.73. The number of hydrogen-bond donors (Lipinski definition) is 5. The molecule has 5 N–H and O–H groups in total. The molecule has 0 rings (SSSR count). The van der Waals surface area contributed by atoms with Crippen LogP contribution in [0.1, 0.15) is 13.3 Å². The molecule has 2 unspecified atom stereocenters. The van der Waals surface area contributed by atoms with Crippen LogP contribution in [0, 0.1) is 0 Å². The van der Waals surface area contributed by atoms with E-state index in [0.717, 1.165) is 6.42 Å². The quantitative estimate of drug-likeness (QED) is 0.219. The van der Waals surface area contributed by atoms with Crippen molar-refractivity contribution in [3.05, 3.63) is 12.2 Å². The van der Waals surface area contributed by atoms with E-state index in [4.69, 9.17) is 10.8 Å². The molecule has 6 nitrogen and oxygen atoms in total.